The predicted octanol–water partition coefficient (Wildman–Crippen LogP) is 2.00. The molecule has 0 saturated carbocycles. The maximum absolute atomic E-state index is 5.81. The minimum Gasteiger partial charge on any atom is -0.497 e. The first-order valence-electron chi connectivity index (χ1n) is 5.75. The minimum absolute atomic E-state index is 0.241. The Bertz CT molecular complexity index is 772. The summed E-state index contributed by atoms with van der Waals surface area (Å²) in [5.74, 6) is 1.48. The molecular weight excluding hydrogens is 276 g/mol. The Balaban J connectivity index is 1.96. The van der Waals surface area contributed by atoms with E-state index in [1.54, 1.807) is 7.11 Å². The highest BCUT2D eigenvalue weighted by Crippen LogP contribution is 2.32. The second-order valence-electron chi connectivity index (χ2n) is 4.00. The van der Waals surface area contributed by atoms with Gasteiger partial charge in [-0.05, 0) is 18.2 Å². The van der Waals surface area contributed by atoms with E-state index in [0.29, 0.717) is 16.6 Å². The fourth-order valence-corrected chi connectivity index (χ4v) is 2.59. The molecule has 2 heterocycles. The fourth-order valence-electron chi connectivity index (χ4n) is 1.70. The Kier molecular flexibility index (Phi) is 2.99. The van der Waals surface area contributed by atoms with Crippen molar-refractivity contribution in [2.24, 2.45) is 0 Å². The second-order valence-corrected chi connectivity index (χ2v) is 5.03. The van der Waals surface area contributed by atoms with Crippen LogP contribution in [0.15, 0.2) is 24.5 Å². The average molecular weight is 288 g/mol. The van der Waals surface area contributed by atoms with Crippen LogP contribution in [0.5, 0.6) is 5.75 Å². The molecule has 7 nitrogen and oxygen atoms in total. The molecule has 8 heteroatoms. The molecule has 0 bridgehead atoms. The van der Waals surface area contributed by atoms with Crippen LogP contribution >= 0.6 is 11.3 Å². The van der Waals surface area contributed by atoms with E-state index in [1.807, 2.05) is 18.2 Å². The highest BCUT2D eigenvalue weighted by atomic mass is 32.1. The molecule has 5 N–H and O–H groups in total. The maximum atomic E-state index is 5.81. The van der Waals surface area contributed by atoms with E-state index < -0.39 is 0 Å². The molecule has 0 radical (unpaired) electrons. The number of rotatable bonds is 3. The number of nitrogens with zero attached hydrogens (tertiary/aromatic N) is 3. The van der Waals surface area contributed by atoms with Crippen LogP contribution in [0.25, 0.3) is 10.2 Å². The van der Waals surface area contributed by atoms with Gasteiger partial charge in [-0.1, -0.05) is 11.3 Å². The highest BCUT2D eigenvalue weighted by molar-refractivity contribution is 7.22. The molecule has 0 amide bonds. The van der Waals surface area contributed by atoms with Gasteiger partial charge in [-0.25, -0.2) is 15.0 Å². The van der Waals surface area contributed by atoms with E-state index in [-0.39, 0.29) is 5.82 Å². The first-order chi connectivity index (χ1) is 9.67. The zero-order valence-corrected chi connectivity index (χ0v) is 11.4. The number of hydrogen-bond acceptors (Lipinski definition) is 8. The smallest absolute Gasteiger partial charge is 0.189 e. The number of thiazole rings is 1. The van der Waals surface area contributed by atoms with Crippen LogP contribution in [0.3, 0.4) is 0 Å². The van der Waals surface area contributed by atoms with Gasteiger partial charge in [0.25, 0.3) is 0 Å². The van der Waals surface area contributed by atoms with Gasteiger partial charge in [0.1, 0.15) is 17.8 Å². The van der Waals surface area contributed by atoms with Crippen molar-refractivity contribution in [1.29, 1.82) is 0 Å². The molecule has 2 aromatic heterocycles. The lowest BCUT2D eigenvalue weighted by Gasteiger charge is -2.05. The van der Waals surface area contributed by atoms with Crippen LogP contribution in [0, 0.1) is 0 Å². The Hall–Kier alpha value is -2.61. The van der Waals surface area contributed by atoms with Crippen molar-refractivity contribution < 1.29 is 4.74 Å². The van der Waals surface area contributed by atoms with E-state index in [1.165, 1.54) is 17.7 Å². The number of fused-ring (bicyclic) bond motifs is 1. The Morgan fingerprint density at radius 2 is 2.10 bits per heavy atom. The number of benzene rings is 1. The van der Waals surface area contributed by atoms with Gasteiger partial charge in [0.15, 0.2) is 16.8 Å². The molecule has 102 valence electrons. The monoisotopic (exact) mass is 288 g/mol. The lowest BCUT2D eigenvalue weighted by molar-refractivity contribution is 0.415. The van der Waals surface area contributed by atoms with Crippen molar-refractivity contribution in [3.05, 3.63) is 24.5 Å². The highest BCUT2D eigenvalue weighted by Gasteiger charge is 2.09. The molecular formula is C12H12N6OS. The van der Waals surface area contributed by atoms with E-state index in [4.69, 9.17) is 16.2 Å². The summed E-state index contributed by atoms with van der Waals surface area (Å²) in [5.41, 5.74) is 12.6. The van der Waals surface area contributed by atoms with E-state index in [9.17, 15) is 0 Å². The summed E-state index contributed by atoms with van der Waals surface area (Å²) in [6.07, 6.45) is 1.35. The van der Waals surface area contributed by atoms with Crippen molar-refractivity contribution in [1.82, 2.24) is 15.0 Å². The Labute approximate surface area is 118 Å². The number of ether oxygens (including phenoxy) is 1. The van der Waals surface area contributed by atoms with Gasteiger partial charge in [0.05, 0.1) is 17.3 Å². The lowest BCUT2D eigenvalue weighted by Crippen LogP contribution is -2.04. The topological polar surface area (TPSA) is 112 Å². The van der Waals surface area contributed by atoms with Crippen molar-refractivity contribution in [3.8, 4) is 5.75 Å². The van der Waals surface area contributed by atoms with Crippen molar-refractivity contribution in [2.75, 3.05) is 23.9 Å². The molecule has 0 fully saturated rings. The molecule has 1 aromatic carbocycles. The predicted molar refractivity (Wildman–Crippen MR) is 80.3 cm³/mol. The lowest BCUT2D eigenvalue weighted by atomic mass is 10.3. The number of nitrogens with two attached hydrogens (primary N) is 2. The SMILES string of the molecule is COc1ccc2nc(Nc3ncnc(N)c3N)sc2c1. The zero-order chi connectivity index (χ0) is 14.1. The fraction of sp³-hybridized carbons (Fsp3) is 0.0833. The third-order valence-electron chi connectivity index (χ3n) is 2.74. The normalized spacial score (nSPS) is 10.7. The van der Waals surface area contributed by atoms with Crippen molar-refractivity contribution in [3.63, 3.8) is 0 Å². The Morgan fingerprint density at radius 3 is 2.90 bits per heavy atom. The van der Waals surface area contributed by atoms with Gasteiger partial charge in [-0.15, -0.1) is 0 Å². The Morgan fingerprint density at radius 1 is 1.25 bits per heavy atom. The summed E-state index contributed by atoms with van der Waals surface area (Å²) in [6.45, 7) is 0. The van der Waals surface area contributed by atoms with Gasteiger partial charge < -0.3 is 21.5 Å². The summed E-state index contributed by atoms with van der Waals surface area (Å²) in [4.78, 5) is 12.3. The quantitative estimate of drug-likeness (QED) is 0.675. The number of anilines is 4. The van der Waals surface area contributed by atoms with Gasteiger partial charge in [0.2, 0.25) is 0 Å². The molecule has 0 aliphatic heterocycles. The number of aromatic nitrogens is 3. The van der Waals surface area contributed by atoms with Crippen molar-refractivity contribution in [2.45, 2.75) is 0 Å². The van der Waals surface area contributed by atoms with E-state index in [0.717, 1.165) is 16.0 Å². The third-order valence-corrected chi connectivity index (χ3v) is 3.67. The van der Waals surface area contributed by atoms with Crippen LogP contribution < -0.4 is 21.5 Å². The van der Waals surface area contributed by atoms with Gasteiger partial charge in [0, 0.05) is 0 Å². The number of hydrogen-bond donors (Lipinski definition) is 3. The molecule has 0 saturated heterocycles. The number of nitrogen functional groups attached to an aromatic ring is 2. The number of methoxy groups -OCH3 is 1. The zero-order valence-electron chi connectivity index (χ0n) is 10.6. The second kappa shape index (κ2) is 4.82. The molecule has 0 aliphatic carbocycles. The first-order valence-corrected chi connectivity index (χ1v) is 6.56. The van der Waals surface area contributed by atoms with Crippen LogP contribution in [-0.2, 0) is 0 Å². The first kappa shape index (κ1) is 12.4. The van der Waals surface area contributed by atoms with Crippen LogP contribution in [0.4, 0.5) is 22.5 Å². The van der Waals surface area contributed by atoms with Gasteiger partial charge in [-0.3, -0.25) is 0 Å². The summed E-state index contributed by atoms with van der Waals surface area (Å²) >= 11 is 1.48. The van der Waals surface area contributed by atoms with E-state index >= 15 is 0 Å². The molecule has 0 atom stereocenters. The summed E-state index contributed by atoms with van der Waals surface area (Å²) in [6, 6.07) is 5.69. The summed E-state index contributed by atoms with van der Waals surface area (Å²) in [5, 5.41) is 3.73. The molecule has 20 heavy (non-hydrogen) atoms. The molecule has 0 spiro atoms. The minimum atomic E-state index is 0.241. The average Bonchev–Trinajstić information content (AvgIpc) is 2.85. The summed E-state index contributed by atoms with van der Waals surface area (Å²) in [7, 11) is 1.63. The third kappa shape index (κ3) is 2.16. The number of nitrogens with one attached hydrogen (secondary N) is 1. The van der Waals surface area contributed by atoms with E-state index in [2.05, 4.69) is 20.3 Å². The molecule has 0 unspecified atom stereocenters. The van der Waals surface area contributed by atoms with Crippen LogP contribution in [0.2, 0.25) is 0 Å². The largest absolute Gasteiger partial charge is 0.497 e. The standard InChI is InChI=1S/C12H12N6OS/c1-19-6-2-3-7-8(4-6)20-12(17-7)18-11-9(13)10(14)15-5-16-11/h2-5H,13H2,1H3,(H3,14,15,16,17,18). The molecule has 3 aromatic rings. The van der Waals surface area contributed by atoms with Crippen LogP contribution in [-0.4, -0.2) is 22.1 Å². The maximum Gasteiger partial charge on any atom is 0.189 e. The van der Waals surface area contributed by atoms with Crippen molar-refractivity contribution >= 4 is 44.0 Å². The van der Waals surface area contributed by atoms with Crippen LogP contribution in [0.1, 0.15) is 0 Å². The van der Waals surface area contributed by atoms with Gasteiger partial charge >= 0.3 is 0 Å². The summed E-state index contributed by atoms with van der Waals surface area (Å²) < 4.78 is 6.19. The van der Waals surface area contributed by atoms with Gasteiger partial charge in [-0.2, -0.15) is 0 Å². The molecule has 0 aliphatic rings. The molecule has 3 rings (SSSR count).